The number of imidazole rings is 1. The van der Waals surface area contributed by atoms with E-state index in [1.54, 1.807) is 24.3 Å². The predicted octanol–water partition coefficient (Wildman–Crippen LogP) is 4.20. The third-order valence-electron chi connectivity index (χ3n) is 2.82. The Kier molecular flexibility index (Phi) is 3.01. The van der Waals surface area contributed by atoms with Crippen molar-refractivity contribution < 1.29 is 13.2 Å². The number of nitrogens with zero attached hydrogens (tertiary/aromatic N) is 3. The average Bonchev–Trinajstić information content (AvgIpc) is 2.81. The summed E-state index contributed by atoms with van der Waals surface area (Å²) in [6.45, 7) is 0. The summed E-state index contributed by atoms with van der Waals surface area (Å²) in [6, 6.07) is 7.97. The summed E-state index contributed by atoms with van der Waals surface area (Å²) < 4.78 is 41.0. The summed E-state index contributed by atoms with van der Waals surface area (Å²) in [5.74, 6) is -0.186. The van der Waals surface area contributed by atoms with E-state index in [0.29, 0.717) is 11.0 Å². The molecule has 2 heterocycles. The van der Waals surface area contributed by atoms with Crippen LogP contribution >= 0.6 is 15.9 Å². The van der Waals surface area contributed by atoms with Crippen molar-refractivity contribution in [2.24, 2.45) is 0 Å². The maximum absolute atomic E-state index is 13.1. The predicted molar refractivity (Wildman–Crippen MR) is 71.6 cm³/mol. The van der Waals surface area contributed by atoms with Crippen molar-refractivity contribution in [1.82, 2.24) is 14.5 Å². The van der Waals surface area contributed by atoms with Crippen molar-refractivity contribution >= 4 is 27.0 Å². The molecule has 102 valence electrons. The third-order valence-corrected chi connectivity index (χ3v) is 3.25. The number of para-hydroxylation sites is 2. The summed E-state index contributed by atoms with van der Waals surface area (Å²) >= 11 is 3.01. The van der Waals surface area contributed by atoms with Gasteiger partial charge in [0.2, 0.25) is 0 Å². The van der Waals surface area contributed by atoms with Crippen molar-refractivity contribution in [3.63, 3.8) is 0 Å². The quantitative estimate of drug-likeness (QED) is 0.664. The molecule has 0 saturated heterocycles. The molecule has 0 radical (unpaired) electrons. The fourth-order valence-electron chi connectivity index (χ4n) is 1.96. The van der Waals surface area contributed by atoms with E-state index in [9.17, 15) is 13.2 Å². The number of rotatable bonds is 1. The van der Waals surface area contributed by atoms with Gasteiger partial charge in [0.1, 0.15) is 6.33 Å². The van der Waals surface area contributed by atoms with Crippen molar-refractivity contribution in [2.75, 3.05) is 0 Å². The first-order chi connectivity index (χ1) is 9.47. The lowest BCUT2D eigenvalue weighted by molar-refractivity contribution is -0.137. The SMILES string of the molecule is FC(F)(F)c1cc(Br)cnc1-n1cnc2ccccc21. The minimum absolute atomic E-state index is 0.186. The number of aromatic nitrogens is 3. The molecule has 0 spiro atoms. The van der Waals surface area contributed by atoms with Crippen LogP contribution in [0.2, 0.25) is 0 Å². The summed E-state index contributed by atoms with van der Waals surface area (Å²) in [7, 11) is 0. The van der Waals surface area contributed by atoms with Gasteiger partial charge in [-0.25, -0.2) is 9.97 Å². The first-order valence-electron chi connectivity index (χ1n) is 5.62. The number of pyridine rings is 1. The smallest absolute Gasteiger partial charge is 0.282 e. The zero-order valence-corrected chi connectivity index (χ0v) is 11.5. The zero-order chi connectivity index (χ0) is 14.3. The number of alkyl halides is 3. The van der Waals surface area contributed by atoms with Crippen LogP contribution in [0.25, 0.3) is 16.9 Å². The lowest BCUT2D eigenvalue weighted by Crippen LogP contribution is -2.12. The Morgan fingerprint density at radius 2 is 1.85 bits per heavy atom. The molecule has 0 saturated carbocycles. The largest absolute Gasteiger partial charge is 0.420 e. The molecule has 20 heavy (non-hydrogen) atoms. The highest BCUT2D eigenvalue weighted by Crippen LogP contribution is 2.35. The van der Waals surface area contributed by atoms with E-state index in [0.717, 1.165) is 6.07 Å². The van der Waals surface area contributed by atoms with Gasteiger partial charge in [0.25, 0.3) is 0 Å². The van der Waals surface area contributed by atoms with Gasteiger partial charge >= 0.3 is 6.18 Å². The lowest BCUT2D eigenvalue weighted by atomic mass is 10.2. The van der Waals surface area contributed by atoms with Crippen LogP contribution in [0.4, 0.5) is 13.2 Å². The third kappa shape index (κ3) is 2.18. The van der Waals surface area contributed by atoms with Gasteiger partial charge in [-0.1, -0.05) is 12.1 Å². The van der Waals surface area contributed by atoms with Crippen LogP contribution in [-0.2, 0) is 6.18 Å². The highest BCUT2D eigenvalue weighted by molar-refractivity contribution is 9.10. The molecule has 7 heteroatoms. The molecular formula is C13H7BrF3N3. The topological polar surface area (TPSA) is 30.7 Å². The fraction of sp³-hybridized carbons (Fsp3) is 0.0769. The van der Waals surface area contributed by atoms with E-state index in [2.05, 4.69) is 25.9 Å². The van der Waals surface area contributed by atoms with E-state index < -0.39 is 11.7 Å². The highest BCUT2D eigenvalue weighted by Gasteiger charge is 2.35. The van der Waals surface area contributed by atoms with Crippen molar-refractivity contribution in [3.05, 3.63) is 52.9 Å². The molecule has 0 atom stereocenters. The van der Waals surface area contributed by atoms with Gasteiger partial charge in [0.15, 0.2) is 5.82 Å². The lowest BCUT2D eigenvalue weighted by Gasteiger charge is -2.13. The van der Waals surface area contributed by atoms with Gasteiger partial charge in [-0.2, -0.15) is 13.2 Å². The molecule has 0 bridgehead atoms. The highest BCUT2D eigenvalue weighted by atomic mass is 79.9. The van der Waals surface area contributed by atoms with E-state index in [1.165, 1.54) is 17.1 Å². The Morgan fingerprint density at radius 1 is 1.10 bits per heavy atom. The Morgan fingerprint density at radius 3 is 2.60 bits per heavy atom. The van der Waals surface area contributed by atoms with Crippen LogP contribution in [0.1, 0.15) is 5.56 Å². The van der Waals surface area contributed by atoms with Crippen LogP contribution in [-0.4, -0.2) is 14.5 Å². The molecule has 0 N–H and O–H groups in total. The van der Waals surface area contributed by atoms with Gasteiger partial charge in [0.05, 0.1) is 16.6 Å². The molecule has 0 unspecified atom stereocenters. The Hall–Kier alpha value is -1.89. The van der Waals surface area contributed by atoms with E-state index in [1.807, 2.05) is 0 Å². The maximum Gasteiger partial charge on any atom is 0.420 e. The minimum Gasteiger partial charge on any atom is -0.282 e. The Balaban J connectivity index is 2.30. The molecule has 3 nitrogen and oxygen atoms in total. The van der Waals surface area contributed by atoms with Gasteiger partial charge < -0.3 is 0 Å². The number of benzene rings is 1. The molecular weight excluding hydrogens is 335 g/mol. The van der Waals surface area contributed by atoms with Crippen LogP contribution < -0.4 is 0 Å². The molecule has 3 rings (SSSR count). The number of hydrogen-bond donors (Lipinski definition) is 0. The van der Waals surface area contributed by atoms with Crippen LogP contribution in [0, 0.1) is 0 Å². The maximum atomic E-state index is 13.1. The second-order valence-electron chi connectivity index (χ2n) is 4.13. The summed E-state index contributed by atoms with van der Waals surface area (Å²) in [6.07, 6.45) is -1.81. The second kappa shape index (κ2) is 4.59. The second-order valence-corrected chi connectivity index (χ2v) is 5.04. The van der Waals surface area contributed by atoms with E-state index in [-0.39, 0.29) is 10.3 Å². The molecule has 0 aliphatic heterocycles. The molecule has 0 aliphatic rings. The Labute approximate surface area is 120 Å². The first kappa shape index (κ1) is 13.1. The van der Waals surface area contributed by atoms with Crippen LogP contribution in [0.5, 0.6) is 0 Å². The molecule has 0 fully saturated rings. The summed E-state index contributed by atoms with van der Waals surface area (Å²) in [5.41, 5.74) is 0.383. The first-order valence-corrected chi connectivity index (χ1v) is 6.41. The standard InChI is InChI=1S/C13H7BrF3N3/c14-8-5-9(13(15,16)17)12(18-6-8)20-7-19-10-3-1-2-4-11(10)20/h1-7H. The molecule has 2 aromatic heterocycles. The van der Waals surface area contributed by atoms with Gasteiger partial charge in [-0.05, 0) is 34.1 Å². The summed E-state index contributed by atoms with van der Waals surface area (Å²) in [5, 5.41) is 0. The van der Waals surface area contributed by atoms with Crippen LogP contribution in [0.3, 0.4) is 0 Å². The monoisotopic (exact) mass is 341 g/mol. The summed E-state index contributed by atoms with van der Waals surface area (Å²) in [4.78, 5) is 7.98. The van der Waals surface area contributed by atoms with Crippen molar-refractivity contribution in [1.29, 1.82) is 0 Å². The molecule has 0 amide bonds. The number of halogens is 4. The van der Waals surface area contributed by atoms with Gasteiger partial charge in [0, 0.05) is 10.7 Å². The van der Waals surface area contributed by atoms with E-state index in [4.69, 9.17) is 0 Å². The van der Waals surface area contributed by atoms with Crippen molar-refractivity contribution in [3.8, 4) is 5.82 Å². The minimum atomic E-state index is -4.49. The van der Waals surface area contributed by atoms with Crippen molar-refractivity contribution in [2.45, 2.75) is 6.18 Å². The normalized spacial score (nSPS) is 12.0. The number of fused-ring (bicyclic) bond motifs is 1. The fourth-order valence-corrected chi connectivity index (χ4v) is 2.29. The zero-order valence-electron chi connectivity index (χ0n) is 9.89. The Bertz CT molecular complexity index is 780. The average molecular weight is 342 g/mol. The van der Waals surface area contributed by atoms with Gasteiger partial charge in [-0.15, -0.1) is 0 Å². The number of hydrogen-bond acceptors (Lipinski definition) is 2. The molecule has 0 aliphatic carbocycles. The van der Waals surface area contributed by atoms with E-state index >= 15 is 0 Å². The van der Waals surface area contributed by atoms with Crippen LogP contribution in [0.15, 0.2) is 47.3 Å². The van der Waals surface area contributed by atoms with Gasteiger partial charge in [-0.3, -0.25) is 4.57 Å². The molecule has 1 aromatic carbocycles. The molecule has 3 aromatic rings.